The highest BCUT2D eigenvalue weighted by Crippen LogP contribution is 2.39. The number of hydrogen-bond acceptors (Lipinski definition) is 6. The second kappa shape index (κ2) is 9.61. The predicted molar refractivity (Wildman–Crippen MR) is 114 cm³/mol. The molecule has 1 unspecified atom stereocenters. The third-order valence-electron chi connectivity index (χ3n) is 5.00. The van der Waals surface area contributed by atoms with Gasteiger partial charge in [0.1, 0.15) is 0 Å². The van der Waals surface area contributed by atoms with E-state index < -0.39 is 17.9 Å². The van der Waals surface area contributed by atoms with Gasteiger partial charge >= 0.3 is 11.9 Å². The summed E-state index contributed by atoms with van der Waals surface area (Å²) in [6, 6.07) is 10.3. The lowest BCUT2D eigenvalue weighted by molar-refractivity contribution is -0.135. The summed E-state index contributed by atoms with van der Waals surface area (Å²) in [4.78, 5) is 29.0. The maximum absolute atomic E-state index is 11.8. The third kappa shape index (κ3) is 5.21. The van der Waals surface area contributed by atoms with Crippen LogP contribution in [-0.2, 0) is 16.0 Å². The van der Waals surface area contributed by atoms with Crippen molar-refractivity contribution in [2.45, 2.75) is 12.8 Å². The van der Waals surface area contributed by atoms with Gasteiger partial charge in [-0.05, 0) is 48.7 Å². The molecule has 0 saturated carbocycles. The van der Waals surface area contributed by atoms with Gasteiger partial charge in [-0.15, -0.1) is 0 Å². The molecule has 2 aromatic carbocycles. The first-order chi connectivity index (χ1) is 14.8. The van der Waals surface area contributed by atoms with E-state index >= 15 is 0 Å². The molecule has 0 bridgehead atoms. The highest BCUT2D eigenvalue weighted by Gasteiger charge is 2.30. The summed E-state index contributed by atoms with van der Waals surface area (Å²) in [7, 11) is 3.05. The standard InChI is InChI=1S/C22H22ClNO7/c1-29-19-9-13-3-4-14(17(22(27)28)10-21(25)26)12-24(18(13)11-20(19)30-2)31-16-7-5-15(23)6-8-16/h5-11,14H,3-4,12H2,1-2H3,(H,25,26)(H,27,28). The van der Waals surface area contributed by atoms with Gasteiger partial charge in [0.25, 0.3) is 0 Å². The molecular formula is C22H22ClNO7. The Morgan fingerprint density at radius 3 is 2.32 bits per heavy atom. The van der Waals surface area contributed by atoms with Gasteiger partial charge in [-0.1, -0.05) is 11.6 Å². The van der Waals surface area contributed by atoms with Crippen molar-refractivity contribution >= 4 is 29.2 Å². The molecule has 31 heavy (non-hydrogen) atoms. The summed E-state index contributed by atoms with van der Waals surface area (Å²) in [6.07, 6.45) is 1.64. The molecule has 1 aliphatic heterocycles. The zero-order valence-corrected chi connectivity index (χ0v) is 17.8. The molecule has 0 saturated heterocycles. The van der Waals surface area contributed by atoms with Crippen LogP contribution in [0.4, 0.5) is 5.69 Å². The van der Waals surface area contributed by atoms with Crippen molar-refractivity contribution in [3.63, 3.8) is 0 Å². The molecule has 8 nitrogen and oxygen atoms in total. The average molecular weight is 448 g/mol. The third-order valence-corrected chi connectivity index (χ3v) is 5.25. The van der Waals surface area contributed by atoms with Crippen molar-refractivity contribution in [3.05, 3.63) is 58.6 Å². The molecular weight excluding hydrogens is 426 g/mol. The van der Waals surface area contributed by atoms with Crippen molar-refractivity contribution in [1.82, 2.24) is 0 Å². The number of benzene rings is 2. The first-order valence-corrected chi connectivity index (χ1v) is 9.84. The number of nitrogens with zero attached hydrogens (tertiary/aromatic N) is 1. The molecule has 2 N–H and O–H groups in total. The van der Waals surface area contributed by atoms with Crippen LogP contribution in [0.2, 0.25) is 5.02 Å². The van der Waals surface area contributed by atoms with Gasteiger partial charge in [0, 0.05) is 28.7 Å². The minimum atomic E-state index is -1.31. The van der Waals surface area contributed by atoms with Gasteiger partial charge in [0.2, 0.25) is 0 Å². The number of carbonyl (C=O) groups is 2. The van der Waals surface area contributed by atoms with Gasteiger partial charge in [0.15, 0.2) is 17.2 Å². The first-order valence-electron chi connectivity index (χ1n) is 9.46. The SMILES string of the molecule is COc1cc2c(cc1OC)N(Oc1ccc(Cl)cc1)CC(C(=CC(=O)O)C(=O)O)CC2. The van der Waals surface area contributed by atoms with E-state index in [2.05, 4.69) is 0 Å². The number of fused-ring (bicyclic) bond motifs is 1. The summed E-state index contributed by atoms with van der Waals surface area (Å²) in [5, 5.41) is 20.8. The largest absolute Gasteiger partial charge is 0.493 e. The quantitative estimate of drug-likeness (QED) is 0.617. The molecule has 0 spiro atoms. The summed E-state index contributed by atoms with van der Waals surface area (Å²) < 4.78 is 10.8. The Balaban J connectivity index is 2.06. The Morgan fingerprint density at radius 1 is 1.10 bits per heavy atom. The van der Waals surface area contributed by atoms with Gasteiger partial charge in [-0.25, -0.2) is 14.7 Å². The molecule has 0 aliphatic carbocycles. The fourth-order valence-corrected chi connectivity index (χ4v) is 3.64. The highest BCUT2D eigenvalue weighted by atomic mass is 35.5. The van der Waals surface area contributed by atoms with Crippen molar-refractivity contribution in [1.29, 1.82) is 0 Å². The Labute approximate surface area is 184 Å². The van der Waals surface area contributed by atoms with E-state index in [9.17, 15) is 14.7 Å². The Hall–Kier alpha value is -3.39. The van der Waals surface area contributed by atoms with E-state index in [1.165, 1.54) is 14.2 Å². The summed E-state index contributed by atoms with van der Waals surface area (Å²) >= 11 is 5.95. The van der Waals surface area contributed by atoms with Crippen molar-refractivity contribution < 1.29 is 34.1 Å². The smallest absolute Gasteiger partial charge is 0.332 e. The monoisotopic (exact) mass is 447 g/mol. The zero-order chi connectivity index (χ0) is 22.5. The van der Waals surface area contributed by atoms with Crippen LogP contribution in [0.5, 0.6) is 17.2 Å². The summed E-state index contributed by atoms with van der Waals surface area (Å²) in [5.41, 5.74) is 1.34. The van der Waals surface area contributed by atoms with E-state index in [1.54, 1.807) is 35.4 Å². The number of halogens is 1. The Kier molecular flexibility index (Phi) is 6.91. The number of aliphatic carboxylic acids is 2. The maximum atomic E-state index is 11.8. The van der Waals surface area contributed by atoms with Crippen molar-refractivity contribution in [2.24, 2.45) is 5.92 Å². The number of ether oxygens (including phenoxy) is 2. The van der Waals surface area contributed by atoms with Gasteiger partial charge in [-0.2, -0.15) is 0 Å². The maximum Gasteiger partial charge on any atom is 0.332 e. The number of hydrogen-bond donors (Lipinski definition) is 2. The molecule has 1 aliphatic rings. The van der Waals surface area contributed by atoms with E-state index in [0.29, 0.717) is 40.8 Å². The molecule has 1 heterocycles. The number of carboxylic acid groups (broad SMARTS) is 2. The molecule has 164 valence electrons. The van der Waals surface area contributed by atoms with Crippen molar-refractivity contribution in [2.75, 3.05) is 25.8 Å². The molecule has 0 radical (unpaired) electrons. The number of hydroxylamine groups is 1. The van der Waals surface area contributed by atoms with Crippen LogP contribution < -0.4 is 19.4 Å². The topological polar surface area (TPSA) is 106 Å². The second-order valence-electron chi connectivity index (χ2n) is 6.92. The highest BCUT2D eigenvalue weighted by molar-refractivity contribution is 6.30. The van der Waals surface area contributed by atoms with E-state index in [0.717, 1.165) is 11.6 Å². The average Bonchev–Trinajstić information content (AvgIpc) is 2.91. The first kappa shape index (κ1) is 22.3. The summed E-state index contributed by atoms with van der Waals surface area (Å²) in [5.74, 6) is -1.67. The fourth-order valence-electron chi connectivity index (χ4n) is 3.51. The Morgan fingerprint density at radius 2 is 1.74 bits per heavy atom. The normalized spacial score (nSPS) is 16.2. The lowest BCUT2D eigenvalue weighted by Gasteiger charge is -2.28. The van der Waals surface area contributed by atoms with Crippen LogP contribution in [0.15, 0.2) is 48.0 Å². The number of rotatable bonds is 7. The molecule has 1 atom stereocenters. The van der Waals surface area contributed by atoms with Gasteiger partial charge in [0.05, 0.1) is 26.5 Å². The number of carboxylic acids is 2. The van der Waals surface area contributed by atoms with Gasteiger partial charge in [-0.3, -0.25) is 0 Å². The van der Waals surface area contributed by atoms with Crippen LogP contribution in [0.3, 0.4) is 0 Å². The lowest BCUT2D eigenvalue weighted by Crippen LogP contribution is -2.34. The molecule has 2 aromatic rings. The molecule has 0 fully saturated rings. The second-order valence-corrected chi connectivity index (χ2v) is 7.36. The number of methoxy groups -OCH3 is 2. The molecule has 0 amide bonds. The number of aryl methyl sites for hydroxylation is 1. The molecule has 9 heteroatoms. The fraction of sp³-hybridized carbons (Fsp3) is 0.273. The lowest BCUT2D eigenvalue weighted by atomic mass is 9.93. The zero-order valence-electron chi connectivity index (χ0n) is 17.0. The van der Waals surface area contributed by atoms with Gasteiger partial charge < -0.3 is 24.5 Å². The number of anilines is 1. The van der Waals surface area contributed by atoms with E-state index in [4.69, 9.17) is 31.0 Å². The van der Waals surface area contributed by atoms with Crippen molar-refractivity contribution in [3.8, 4) is 17.2 Å². The molecule has 3 rings (SSSR count). The Bertz CT molecular complexity index is 1000. The van der Waals surface area contributed by atoms with Crippen LogP contribution in [-0.4, -0.2) is 42.9 Å². The minimum Gasteiger partial charge on any atom is -0.493 e. The van der Waals surface area contributed by atoms with E-state index in [-0.39, 0.29) is 12.1 Å². The molecule has 0 aromatic heterocycles. The predicted octanol–water partition coefficient (Wildman–Crippen LogP) is 3.82. The van der Waals surface area contributed by atoms with Crippen LogP contribution >= 0.6 is 11.6 Å². The van der Waals surface area contributed by atoms with Crippen LogP contribution in [0.25, 0.3) is 0 Å². The van der Waals surface area contributed by atoms with Crippen LogP contribution in [0.1, 0.15) is 12.0 Å². The van der Waals surface area contributed by atoms with E-state index in [1.807, 2.05) is 6.07 Å². The van der Waals surface area contributed by atoms with Crippen LogP contribution in [0, 0.1) is 5.92 Å². The minimum absolute atomic E-state index is 0.122. The summed E-state index contributed by atoms with van der Waals surface area (Å²) in [6.45, 7) is 0.122.